The lowest BCUT2D eigenvalue weighted by Gasteiger charge is -2.31. The van der Waals surface area contributed by atoms with E-state index in [2.05, 4.69) is 18.7 Å². The summed E-state index contributed by atoms with van der Waals surface area (Å²) < 4.78 is 13.5. The van der Waals surface area contributed by atoms with E-state index in [0.717, 1.165) is 30.8 Å². The quantitative estimate of drug-likeness (QED) is 0.922. The Bertz CT molecular complexity index is 467. The highest BCUT2D eigenvalue weighted by molar-refractivity contribution is 8.00. The van der Waals surface area contributed by atoms with Gasteiger partial charge in [0, 0.05) is 41.2 Å². The van der Waals surface area contributed by atoms with E-state index in [0.29, 0.717) is 16.3 Å². The van der Waals surface area contributed by atoms with Crippen molar-refractivity contribution in [3.8, 4) is 0 Å². The SMILES string of the molecule is CC1(C)CCN(C(CN)c2ccc(F)cc2Cl)CCS1. The number of rotatable bonds is 3. The molecule has 1 aromatic carbocycles. The number of benzene rings is 1. The van der Waals surface area contributed by atoms with Gasteiger partial charge in [0.25, 0.3) is 0 Å². The van der Waals surface area contributed by atoms with Crippen LogP contribution in [0.1, 0.15) is 31.9 Å². The topological polar surface area (TPSA) is 29.3 Å². The second-order valence-corrected chi connectivity index (χ2v) is 8.02. The number of hydrogen-bond donors (Lipinski definition) is 1. The van der Waals surface area contributed by atoms with Crippen molar-refractivity contribution < 1.29 is 4.39 Å². The van der Waals surface area contributed by atoms with Gasteiger partial charge in [0.05, 0.1) is 0 Å². The van der Waals surface area contributed by atoms with E-state index in [4.69, 9.17) is 17.3 Å². The molecular weight excluding hydrogens is 295 g/mol. The van der Waals surface area contributed by atoms with Crippen LogP contribution in [0.2, 0.25) is 5.02 Å². The molecule has 1 heterocycles. The normalized spacial score (nSPS) is 21.4. The zero-order chi connectivity index (χ0) is 14.8. The van der Waals surface area contributed by atoms with Crippen LogP contribution in [0.25, 0.3) is 0 Å². The van der Waals surface area contributed by atoms with Crippen molar-refractivity contribution in [3.05, 3.63) is 34.6 Å². The van der Waals surface area contributed by atoms with Crippen molar-refractivity contribution in [1.29, 1.82) is 0 Å². The van der Waals surface area contributed by atoms with Gasteiger partial charge in [-0.15, -0.1) is 0 Å². The maximum absolute atomic E-state index is 13.2. The molecule has 0 amide bonds. The molecule has 5 heteroatoms. The van der Waals surface area contributed by atoms with Crippen molar-refractivity contribution in [1.82, 2.24) is 4.90 Å². The van der Waals surface area contributed by atoms with E-state index in [9.17, 15) is 4.39 Å². The van der Waals surface area contributed by atoms with Crippen molar-refractivity contribution >= 4 is 23.4 Å². The van der Waals surface area contributed by atoms with Crippen molar-refractivity contribution in [2.75, 3.05) is 25.4 Å². The van der Waals surface area contributed by atoms with Crippen LogP contribution >= 0.6 is 23.4 Å². The Morgan fingerprint density at radius 3 is 2.85 bits per heavy atom. The van der Waals surface area contributed by atoms with Crippen molar-refractivity contribution in [3.63, 3.8) is 0 Å². The highest BCUT2D eigenvalue weighted by Gasteiger charge is 2.28. The molecule has 1 saturated heterocycles. The molecule has 0 aliphatic carbocycles. The molecule has 1 atom stereocenters. The summed E-state index contributed by atoms with van der Waals surface area (Å²) in [6.45, 7) is 7.04. The second kappa shape index (κ2) is 6.65. The summed E-state index contributed by atoms with van der Waals surface area (Å²) in [5.41, 5.74) is 6.89. The summed E-state index contributed by atoms with van der Waals surface area (Å²) >= 11 is 8.19. The van der Waals surface area contributed by atoms with Gasteiger partial charge < -0.3 is 5.73 Å². The largest absolute Gasteiger partial charge is 0.329 e. The molecular formula is C15H22ClFN2S. The second-order valence-electron chi connectivity index (χ2n) is 5.81. The van der Waals surface area contributed by atoms with E-state index in [1.165, 1.54) is 12.1 Å². The van der Waals surface area contributed by atoms with Crippen LogP contribution in [-0.4, -0.2) is 35.0 Å². The van der Waals surface area contributed by atoms with E-state index in [-0.39, 0.29) is 11.9 Å². The first kappa shape index (κ1) is 16.1. The Balaban J connectivity index is 2.19. The first-order valence-corrected chi connectivity index (χ1v) is 8.32. The third-order valence-electron chi connectivity index (χ3n) is 3.86. The Labute approximate surface area is 129 Å². The van der Waals surface area contributed by atoms with Gasteiger partial charge in [-0.2, -0.15) is 11.8 Å². The van der Waals surface area contributed by atoms with Crippen LogP contribution in [0.4, 0.5) is 4.39 Å². The average molecular weight is 317 g/mol. The Morgan fingerprint density at radius 2 is 2.20 bits per heavy atom. The summed E-state index contributed by atoms with van der Waals surface area (Å²) in [6.07, 6.45) is 1.12. The fourth-order valence-electron chi connectivity index (χ4n) is 2.59. The van der Waals surface area contributed by atoms with Crippen LogP contribution in [0.3, 0.4) is 0 Å². The maximum Gasteiger partial charge on any atom is 0.124 e. The summed E-state index contributed by atoms with van der Waals surface area (Å²) in [5, 5.41) is 0.469. The number of hydrogen-bond acceptors (Lipinski definition) is 3. The average Bonchev–Trinajstić information content (AvgIpc) is 2.54. The monoisotopic (exact) mass is 316 g/mol. The van der Waals surface area contributed by atoms with E-state index >= 15 is 0 Å². The molecule has 2 N–H and O–H groups in total. The van der Waals surface area contributed by atoms with Crippen LogP contribution < -0.4 is 5.73 Å². The third kappa shape index (κ3) is 3.88. The van der Waals surface area contributed by atoms with Gasteiger partial charge in [0.2, 0.25) is 0 Å². The van der Waals surface area contributed by atoms with Crippen LogP contribution in [0, 0.1) is 5.82 Å². The molecule has 1 aliphatic rings. The number of halogens is 2. The molecule has 2 rings (SSSR count). The molecule has 0 spiro atoms. The van der Waals surface area contributed by atoms with Crippen LogP contribution in [0.15, 0.2) is 18.2 Å². The minimum atomic E-state index is -0.304. The Kier molecular flexibility index (Phi) is 5.35. The maximum atomic E-state index is 13.2. The molecule has 0 radical (unpaired) electrons. The number of nitrogens with zero attached hydrogens (tertiary/aromatic N) is 1. The summed E-state index contributed by atoms with van der Waals surface area (Å²) in [4.78, 5) is 2.38. The van der Waals surface area contributed by atoms with E-state index < -0.39 is 0 Å². The zero-order valence-corrected chi connectivity index (χ0v) is 13.6. The number of nitrogens with two attached hydrogens (primary N) is 1. The highest BCUT2D eigenvalue weighted by Crippen LogP contribution is 2.34. The minimum Gasteiger partial charge on any atom is -0.329 e. The number of thioether (sulfide) groups is 1. The Hall–Kier alpha value is -0.290. The zero-order valence-electron chi connectivity index (χ0n) is 12.0. The molecule has 0 saturated carbocycles. The molecule has 20 heavy (non-hydrogen) atoms. The first-order chi connectivity index (χ1) is 9.43. The summed E-state index contributed by atoms with van der Waals surface area (Å²) in [6, 6.07) is 4.66. The molecule has 0 aromatic heterocycles. The van der Waals surface area contributed by atoms with Gasteiger partial charge in [-0.25, -0.2) is 4.39 Å². The lowest BCUT2D eigenvalue weighted by atomic mass is 10.0. The standard InChI is InChI=1S/C15H22ClFN2S/c1-15(2)5-6-19(7-8-20-15)14(10-18)12-4-3-11(17)9-13(12)16/h3-4,9,14H,5-8,10,18H2,1-2H3. The van der Waals surface area contributed by atoms with E-state index in [1.54, 1.807) is 6.07 Å². The van der Waals surface area contributed by atoms with Gasteiger partial charge in [0.15, 0.2) is 0 Å². The molecule has 0 bridgehead atoms. The van der Waals surface area contributed by atoms with Crippen LogP contribution in [0.5, 0.6) is 0 Å². The molecule has 1 aliphatic heterocycles. The molecule has 112 valence electrons. The minimum absolute atomic E-state index is 0.0672. The first-order valence-electron chi connectivity index (χ1n) is 6.96. The molecule has 1 aromatic rings. The van der Waals surface area contributed by atoms with Gasteiger partial charge >= 0.3 is 0 Å². The van der Waals surface area contributed by atoms with Gasteiger partial charge in [0.1, 0.15) is 5.82 Å². The van der Waals surface area contributed by atoms with Crippen LogP contribution in [-0.2, 0) is 0 Å². The van der Waals surface area contributed by atoms with Gasteiger partial charge in [-0.3, -0.25) is 4.90 Å². The van der Waals surface area contributed by atoms with Crippen molar-refractivity contribution in [2.45, 2.75) is 31.1 Å². The summed E-state index contributed by atoms with van der Waals surface area (Å²) in [5.74, 6) is 0.782. The molecule has 1 unspecified atom stereocenters. The Morgan fingerprint density at radius 1 is 1.45 bits per heavy atom. The summed E-state index contributed by atoms with van der Waals surface area (Å²) in [7, 11) is 0. The third-order valence-corrected chi connectivity index (χ3v) is 5.56. The smallest absolute Gasteiger partial charge is 0.124 e. The fourth-order valence-corrected chi connectivity index (χ4v) is 4.00. The molecule has 1 fully saturated rings. The van der Waals surface area contributed by atoms with Gasteiger partial charge in [-0.05, 0) is 24.1 Å². The molecule has 2 nitrogen and oxygen atoms in total. The predicted molar refractivity (Wildman–Crippen MR) is 85.9 cm³/mol. The lowest BCUT2D eigenvalue weighted by molar-refractivity contribution is 0.211. The lowest BCUT2D eigenvalue weighted by Crippen LogP contribution is -2.36. The fraction of sp³-hybridized carbons (Fsp3) is 0.600. The van der Waals surface area contributed by atoms with Crippen molar-refractivity contribution in [2.24, 2.45) is 5.73 Å². The predicted octanol–water partition coefficient (Wildman–Crippen LogP) is 3.70. The van der Waals surface area contributed by atoms with Gasteiger partial charge in [-0.1, -0.05) is 31.5 Å². The highest BCUT2D eigenvalue weighted by atomic mass is 35.5. The van der Waals surface area contributed by atoms with E-state index in [1.807, 2.05) is 11.8 Å².